The van der Waals surface area contributed by atoms with Gasteiger partial charge in [-0.05, 0) is 19.4 Å². The Bertz CT molecular complexity index is 767. The quantitative estimate of drug-likeness (QED) is 0.831. The molecule has 1 aromatic carbocycles. The van der Waals surface area contributed by atoms with Gasteiger partial charge in [0.2, 0.25) is 11.8 Å². The molecule has 1 aromatic heterocycles. The molecule has 1 atom stereocenters. The Morgan fingerprint density at radius 1 is 1.19 bits per heavy atom. The minimum atomic E-state index is -0.550. The normalized spacial score (nSPS) is 16.1. The summed E-state index contributed by atoms with van der Waals surface area (Å²) in [5.41, 5.74) is 1.85. The first-order valence-corrected chi connectivity index (χ1v) is 9.28. The number of hydrogen-bond acceptors (Lipinski definition) is 5. The molecule has 27 heavy (non-hydrogen) atoms. The van der Waals surface area contributed by atoms with Gasteiger partial charge in [0.25, 0.3) is 0 Å². The molecule has 0 radical (unpaired) electrons. The molecule has 2 aromatic rings. The highest BCUT2D eigenvalue weighted by Gasteiger charge is 2.26. The molecule has 0 spiro atoms. The van der Waals surface area contributed by atoms with Crippen molar-refractivity contribution in [3.63, 3.8) is 0 Å². The monoisotopic (exact) mass is 370 g/mol. The third kappa shape index (κ3) is 5.40. The number of hydrogen-bond donors (Lipinski definition) is 1. The Hall–Kier alpha value is -2.67. The van der Waals surface area contributed by atoms with Crippen LogP contribution >= 0.6 is 0 Å². The van der Waals surface area contributed by atoms with Gasteiger partial charge >= 0.3 is 0 Å². The maximum Gasteiger partial charge on any atom is 0.244 e. The van der Waals surface area contributed by atoms with E-state index in [1.54, 1.807) is 19.9 Å². The first-order valence-electron chi connectivity index (χ1n) is 9.28. The first kappa shape index (κ1) is 19.1. The Morgan fingerprint density at radius 3 is 2.52 bits per heavy atom. The van der Waals surface area contributed by atoms with Crippen LogP contribution in [0.5, 0.6) is 0 Å². The molecule has 2 heterocycles. The van der Waals surface area contributed by atoms with Crippen LogP contribution in [0.2, 0.25) is 0 Å². The lowest BCUT2D eigenvalue weighted by molar-refractivity contribution is -0.137. The van der Waals surface area contributed by atoms with E-state index in [0.29, 0.717) is 24.5 Å². The van der Waals surface area contributed by atoms with Gasteiger partial charge in [0.05, 0.1) is 12.1 Å². The average Bonchev–Trinajstić information content (AvgIpc) is 3.07. The molecule has 0 aliphatic carbocycles. The zero-order chi connectivity index (χ0) is 19.2. The predicted molar refractivity (Wildman–Crippen MR) is 101 cm³/mol. The summed E-state index contributed by atoms with van der Waals surface area (Å²) in [7, 11) is 0. The fourth-order valence-electron chi connectivity index (χ4n) is 3.26. The van der Waals surface area contributed by atoms with Gasteiger partial charge in [0.15, 0.2) is 0 Å². The fraction of sp³-hybridized carbons (Fsp3) is 0.450. The summed E-state index contributed by atoms with van der Waals surface area (Å²) in [5.74, 6) is 0.390. The molecule has 7 nitrogen and oxygen atoms in total. The van der Waals surface area contributed by atoms with Gasteiger partial charge in [0.1, 0.15) is 11.8 Å². The lowest BCUT2D eigenvalue weighted by atomic mass is 10.2. The van der Waals surface area contributed by atoms with E-state index in [2.05, 4.69) is 27.5 Å². The number of amides is 2. The van der Waals surface area contributed by atoms with Crippen molar-refractivity contribution in [3.05, 3.63) is 53.4 Å². The minimum Gasteiger partial charge on any atom is -0.361 e. The van der Waals surface area contributed by atoms with E-state index >= 15 is 0 Å². The Balaban J connectivity index is 1.43. The molecule has 1 aliphatic rings. The lowest BCUT2D eigenvalue weighted by Crippen LogP contribution is -2.54. The Morgan fingerprint density at radius 2 is 1.89 bits per heavy atom. The third-order valence-corrected chi connectivity index (χ3v) is 4.70. The molecular weight excluding hydrogens is 344 g/mol. The topological polar surface area (TPSA) is 78.7 Å². The van der Waals surface area contributed by atoms with Crippen LogP contribution in [-0.4, -0.2) is 59.0 Å². The Labute approximate surface area is 159 Å². The molecule has 144 valence electrons. The van der Waals surface area contributed by atoms with Crippen LogP contribution in [0.1, 0.15) is 23.9 Å². The van der Waals surface area contributed by atoms with Crippen molar-refractivity contribution < 1.29 is 14.1 Å². The molecule has 2 amide bonds. The summed E-state index contributed by atoms with van der Waals surface area (Å²) in [6.07, 6.45) is 0.111. The first-order chi connectivity index (χ1) is 13.0. The lowest BCUT2D eigenvalue weighted by Gasteiger charge is -2.36. The molecule has 1 N–H and O–H groups in total. The van der Waals surface area contributed by atoms with E-state index < -0.39 is 6.04 Å². The van der Waals surface area contributed by atoms with Crippen LogP contribution < -0.4 is 5.32 Å². The summed E-state index contributed by atoms with van der Waals surface area (Å²) in [4.78, 5) is 28.9. The van der Waals surface area contributed by atoms with Crippen molar-refractivity contribution in [3.8, 4) is 0 Å². The van der Waals surface area contributed by atoms with Gasteiger partial charge in [-0.2, -0.15) is 0 Å². The van der Waals surface area contributed by atoms with Gasteiger partial charge < -0.3 is 14.7 Å². The highest BCUT2D eigenvalue weighted by atomic mass is 16.5. The molecule has 3 rings (SSSR count). The number of nitrogens with one attached hydrogen (secondary N) is 1. The van der Waals surface area contributed by atoms with Crippen molar-refractivity contribution in [1.29, 1.82) is 0 Å². The summed E-state index contributed by atoms with van der Waals surface area (Å²) in [5, 5.41) is 6.56. The summed E-state index contributed by atoms with van der Waals surface area (Å²) < 4.78 is 4.96. The minimum absolute atomic E-state index is 0.0426. The Kier molecular flexibility index (Phi) is 6.24. The molecule has 1 unspecified atom stereocenters. The number of piperazine rings is 1. The molecule has 7 heteroatoms. The second-order valence-electron chi connectivity index (χ2n) is 6.98. The highest BCUT2D eigenvalue weighted by molar-refractivity contribution is 5.88. The van der Waals surface area contributed by atoms with Crippen LogP contribution in [0.15, 0.2) is 40.9 Å². The average molecular weight is 370 g/mol. The molecular formula is C20H26N4O3. The SMILES string of the molecule is Cc1cc(CC(=O)NC(C)C(=O)N2CCN(Cc3ccccc3)CC2)no1. The zero-order valence-electron chi connectivity index (χ0n) is 15.9. The van der Waals surface area contributed by atoms with E-state index in [0.717, 1.165) is 19.6 Å². The second-order valence-corrected chi connectivity index (χ2v) is 6.98. The number of benzene rings is 1. The summed E-state index contributed by atoms with van der Waals surface area (Å²) >= 11 is 0. The van der Waals surface area contributed by atoms with Crippen molar-refractivity contribution in [2.75, 3.05) is 26.2 Å². The maximum atomic E-state index is 12.6. The van der Waals surface area contributed by atoms with E-state index in [9.17, 15) is 9.59 Å². The van der Waals surface area contributed by atoms with Crippen LogP contribution in [0.3, 0.4) is 0 Å². The molecule has 0 bridgehead atoms. The van der Waals surface area contributed by atoms with Gasteiger partial charge in [0, 0.05) is 38.8 Å². The molecule has 1 saturated heterocycles. The summed E-state index contributed by atoms with van der Waals surface area (Å²) in [6, 6.07) is 11.5. The zero-order valence-corrected chi connectivity index (χ0v) is 15.9. The van der Waals surface area contributed by atoms with Crippen LogP contribution in [0.25, 0.3) is 0 Å². The number of carbonyl (C=O) groups is 2. The smallest absolute Gasteiger partial charge is 0.244 e. The van der Waals surface area contributed by atoms with Crippen molar-refractivity contribution in [1.82, 2.24) is 20.3 Å². The summed E-state index contributed by atoms with van der Waals surface area (Å²) in [6.45, 7) is 7.41. The van der Waals surface area contributed by atoms with Gasteiger partial charge in [-0.15, -0.1) is 0 Å². The maximum absolute atomic E-state index is 12.6. The largest absolute Gasteiger partial charge is 0.361 e. The molecule has 0 saturated carbocycles. The van der Waals surface area contributed by atoms with Gasteiger partial charge in [-0.1, -0.05) is 35.5 Å². The number of nitrogens with zero attached hydrogens (tertiary/aromatic N) is 3. The molecule has 1 fully saturated rings. The van der Waals surface area contributed by atoms with E-state index in [1.807, 2.05) is 23.1 Å². The van der Waals surface area contributed by atoms with Crippen molar-refractivity contribution >= 4 is 11.8 Å². The highest BCUT2D eigenvalue weighted by Crippen LogP contribution is 2.09. The van der Waals surface area contributed by atoms with Crippen molar-refractivity contribution in [2.45, 2.75) is 32.9 Å². The standard InChI is InChI=1S/C20H26N4O3/c1-15-12-18(22-27-15)13-19(25)21-16(2)20(26)24-10-8-23(9-11-24)14-17-6-4-3-5-7-17/h3-7,12,16H,8-11,13-14H2,1-2H3,(H,21,25). The van der Waals surface area contributed by atoms with E-state index in [-0.39, 0.29) is 18.2 Å². The predicted octanol–water partition coefficient (Wildman–Crippen LogP) is 1.37. The van der Waals surface area contributed by atoms with E-state index in [1.165, 1.54) is 5.56 Å². The van der Waals surface area contributed by atoms with Crippen LogP contribution in [0, 0.1) is 6.92 Å². The number of aryl methyl sites for hydroxylation is 1. The fourth-order valence-corrected chi connectivity index (χ4v) is 3.26. The van der Waals surface area contributed by atoms with Gasteiger partial charge in [-0.3, -0.25) is 14.5 Å². The van der Waals surface area contributed by atoms with Crippen LogP contribution in [-0.2, 0) is 22.6 Å². The van der Waals surface area contributed by atoms with E-state index in [4.69, 9.17) is 4.52 Å². The van der Waals surface area contributed by atoms with Crippen molar-refractivity contribution in [2.24, 2.45) is 0 Å². The number of aromatic nitrogens is 1. The van der Waals surface area contributed by atoms with Gasteiger partial charge in [-0.25, -0.2) is 0 Å². The molecule has 1 aliphatic heterocycles. The number of rotatable bonds is 6. The van der Waals surface area contributed by atoms with Crippen LogP contribution in [0.4, 0.5) is 0 Å². The number of carbonyl (C=O) groups excluding carboxylic acids is 2. The second kappa shape index (κ2) is 8.81. The third-order valence-electron chi connectivity index (χ3n) is 4.70.